The highest BCUT2D eigenvalue weighted by atomic mass is 16.2. The van der Waals surface area contributed by atoms with E-state index in [1.807, 2.05) is 18.1 Å². The van der Waals surface area contributed by atoms with Crippen LogP contribution >= 0.6 is 0 Å². The molecule has 0 radical (unpaired) electrons. The Morgan fingerprint density at radius 1 is 1.11 bits per heavy atom. The smallest absolute Gasteiger partial charge is 0.291 e. The van der Waals surface area contributed by atoms with E-state index in [0.29, 0.717) is 5.82 Å². The number of carbonyl (C=O) groups excluding carboxylic acids is 1. The third kappa shape index (κ3) is 3.50. The molecule has 0 atom stereocenters. The van der Waals surface area contributed by atoms with Crippen LogP contribution in [0.1, 0.15) is 37.3 Å². The zero-order valence-corrected chi connectivity index (χ0v) is 16.6. The molecule has 27 heavy (non-hydrogen) atoms. The summed E-state index contributed by atoms with van der Waals surface area (Å²) >= 11 is 0. The summed E-state index contributed by atoms with van der Waals surface area (Å²) in [6.45, 7) is 10.7. The summed E-state index contributed by atoms with van der Waals surface area (Å²) in [7, 11) is 1.87. The van der Waals surface area contributed by atoms with Gasteiger partial charge in [0.2, 0.25) is 5.82 Å². The fourth-order valence-electron chi connectivity index (χ4n) is 3.97. The predicted molar refractivity (Wildman–Crippen MR) is 105 cm³/mol. The summed E-state index contributed by atoms with van der Waals surface area (Å²) in [5, 5.41) is 5.29. The predicted octanol–water partition coefficient (Wildman–Crippen LogP) is 1.38. The summed E-state index contributed by atoms with van der Waals surface area (Å²) in [5.74, 6) is 1.82. The van der Waals surface area contributed by atoms with Gasteiger partial charge in [0.25, 0.3) is 5.91 Å². The van der Waals surface area contributed by atoms with Crippen LogP contribution in [0.2, 0.25) is 0 Å². The van der Waals surface area contributed by atoms with E-state index < -0.39 is 0 Å². The van der Waals surface area contributed by atoms with Crippen molar-refractivity contribution in [2.45, 2.75) is 26.7 Å². The van der Waals surface area contributed by atoms with Gasteiger partial charge in [0.15, 0.2) is 5.65 Å². The average molecular weight is 371 g/mol. The first-order valence-electron chi connectivity index (χ1n) is 10.0. The number of piperidine rings is 1. The monoisotopic (exact) mass is 371 g/mol. The van der Waals surface area contributed by atoms with Crippen molar-refractivity contribution in [3.63, 3.8) is 0 Å². The lowest BCUT2D eigenvalue weighted by Crippen LogP contribution is -2.48. The van der Waals surface area contributed by atoms with E-state index in [1.165, 1.54) is 0 Å². The summed E-state index contributed by atoms with van der Waals surface area (Å²) in [5.41, 5.74) is 0.731. The lowest BCUT2D eigenvalue weighted by Gasteiger charge is -2.34. The molecule has 0 aliphatic carbocycles. The highest BCUT2D eigenvalue weighted by molar-refractivity contribution is 5.95. The summed E-state index contributed by atoms with van der Waals surface area (Å²) in [6, 6.07) is 0. The van der Waals surface area contributed by atoms with Gasteiger partial charge in [-0.05, 0) is 25.3 Å². The molecule has 0 aromatic carbocycles. The number of piperazine rings is 1. The number of hydrogen-bond donors (Lipinski definition) is 0. The van der Waals surface area contributed by atoms with Crippen LogP contribution in [0.4, 0.5) is 5.82 Å². The largest absolute Gasteiger partial charge is 0.356 e. The van der Waals surface area contributed by atoms with Crippen LogP contribution in [0.3, 0.4) is 0 Å². The fraction of sp³-hybridized carbons (Fsp3) is 0.684. The molecule has 8 heteroatoms. The average Bonchev–Trinajstić information content (AvgIpc) is 3.08. The number of carbonyl (C=O) groups is 1. The van der Waals surface area contributed by atoms with Gasteiger partial charge in [-0.2, -0.15) is 5.10 Å². The van der Waals surface area contributed by atoms with Crippen molar-refractivity contribution in [2.24, 2.45) is 13.0 Å². The van der Waals surface area contributed by atoms with Gasteiger partial charge in [0.05, 0.1) is 11.6 Å². The van der Waals surface area contributed by atoms with Gasteiger partial charge in [0.1, 0.15) is 5.82 Å². The van der Waals surface area contributed by atoms with Gasteiger partial charge < -0.3 is 14.7 Å². The van der Waals surface area contributed by atoms with Gasteiger partial charge in [-0.1, -0.05) is 13.8 Å². The first-order valence-corrected chi connectivity index (χ1v) is 10.0. The molecule has 2 aromatic heterocycles. The molecule has 0 saturated carbocycles. The number of rotatable bonds is 3. The second-order valence-corrected chi connectivity index (χ2v) is 7.77. The standard InChI is InChI=1S/C19H29N7O/c1-4-24-9-11-26(12-10-24)19(27)16-21-17-15(13-20-23(17)3)18(22-16)25-7-5-14(2)6-8-25/h13-14H,4-12H2,1-3H3. The molecule has 2 aliphatic heterocycles. The van der Waals surface area contributed by atoms with E-state index in [-0.39, 0.29) is 5.91 Å². The van der Waals surface area contributed by atoms with E-state index in [0.717, 1.165) is 81.4 Å². The number of amides is 1. The number of likely N-dealkylation sites (N-methyl/N-ethyl adjacent to an activating group) is 1. The Hall–Kier alpha value is -2.22. The molecule has 4 heterocycles. The minimum atomic E-state index is -0.0690. The molecule has 146 valence electrons. The van der Waals surface area contributed by atoms with Crippen LogP contribution < -0.4 is 4.90 Å². The maximum absolute atomic E-state index is 13.1. The van der Waals surface area contributed by atoms with Gasteiger partial charge in [-0.25, -0.2) is 9.97 Å². The highest BCUT2D eigenvalue weighted by Gasteiger charge is 2.27. The number of aryl methyl sites for hydroxylation is 1. The Morgan fingerprint density at radius 3 is 2.48 bits per heavy atom. The topological polar surface area (TPSA) is 70.4 Å². The van der Waals surface area contributed by atoms with Crippen LogP contribution in [-0.4, -0.2) is 81.3 Å². The second-order valence-electron chi connectivity index (χ2n) is 7.77. The molecule has 0 bridgehead atoms. The van der Waals surface area contributed by atoms with Gasteiger partial charge >= 0.3 is 0 Å². The van der Waals surface area contributed by atoms with E-state index in [4.69, 9.17) is 4.98 Å². The first-order chi connectivity index (χ1) is 13.1. The van der Waals surface area contributed by atoms with Crippen LogP contribution in [0.5, 0.6) is 0 Å². The van der Waals surface area contributed by atoms with E-state index in [9.17, 15) is 4.79 Å². The van der Waals surface area contributed by atoms with Crippen LogP contribution in [-0.2, 0) is 7.05 Å². The fourth-order valence-corrected chi connectivity index (χ4v) is 3.97. The minimum absolute atomic E-state index is 0.0690. The molecule has 0 N–H and O–H groups in total. The van der Waals surface area contributed by atoms with Crippen molar-refractivity contribution in [1.29, 1.82) is 0 Å². The van der Waals surface area contributed by atoms with Crippen molar-refractivity contribution in [3.05, 3.63) is 12.0 Å². The number of anilines is 1. The second kappa shape index (κ2) is 7.42. The number of fused-ring (bicyclic) bond motifs is 1. The zero-order valence-electron chi connectivity index (χ0n) is 16.6. The van der Waals surface area contributed by atoms with Crippen LogP contribution in [0.25, 0.3) is 11.0 Å². The molecule has 2 aromatic rings. The molecular formula is C19H29N7O. The zero-order chi connectivity index (χ0) is 19.0. The Bertz CT molecular complexity index is 817. The first kappa shape index (κ1) is 18.2. The van der Waals surface area contributed by atoms with Crippen molar-refractivity contribution >= 4 is 22.8 Å². The van der Waals surface area contributed by atoms with Crippen molar-refractivity contribution in [1.82, 2.24) is 29.5 Å². The van der Waals surface area contributed by atoms with Gasteiger partial charge in [0, 0.05) is 46.3 Å². The SMILES string of the molecule is CCN1CCN(C(=O)c2nc(N3CCC(C)CC3)c3cnn(C)c3n2)CC1. The molecule has 4 rings (SSSR count). The van der Waals surface area contributed by atoms with E-state index in [2.05, 4.69) is 33.7 Å². The highest BCUT2D eigenvalue weighted by Crippen LogP contribution is 2.28. The minimum Gasteiger partial charge on any atom is -0.356 e. The van der Waals surface area contributed by atoms with Crippen molar-refractivity contribution in [3.8, 4) is 0 Å². The summed E-state index contributed by atoms with van der Waals surface area (Å²) < 4.78 is 1.74. The van der Waals surface area contributed by atoms with Gasteiger partial charge in [-0.3, -0.25) is 9.48 Å². The Morgan fingerprint density at radius 2 is 1.81 bits per heavy atom. The normalized spacial score (nSPS) is 19.8. The van der Waals surface area contributed by atoms with E-state index >= 15 is 0 Å². The Kier molecular flexibility index (Phi) is 4.99. The molecule has 0 unspecified atom stereocenters. The number of nitrogens with zero attached hydrogens (tertiary/aromatic N) is 7. The number of aromatic nitrogens is 4. The van der Waals surface area contributed by atoms with Crippen molar-refractivity contribution < 1.29 is 4.79 Å². The quantitative estimate of drug-likeness (QED) is 0.812. The number of hydrogen-bond acceptors (Lipinski definition) is 6. The molecule has 8 nitrogen and oxygen atoms in total. The molecular weight excluding hydrogens is 342 g/mol. The molecule has 1 amide bonds. The molecule has 0 spiro atoms. The van der Waals surface area contributed by atoms with Gasteiger partial charge in [-0.15, -0.1) is 0 Å². The maximum atomic E-state index is 13.1. The molecule has 2 saturated heterocycles. The Labute approximate surface area is 160 Å². The lowest BCUT2D eigenvalue weighted by atomic mass is 9.99. The van der Waals surface area contributed by atoms with Crippen LogP contribution in [0, 0.1) is 5.92 Å². The summed E-state index contributed by atoms with van der Waals surface area (Å²) in [4.78, 5) is 28.9. The third-order valence-corrected chi connectivity index (χ3v) is 5.95. The van der Waals surface area contributed by atoms with Crippen molar-refractivity contribution in [2.75, 3.05) is 50.7 Å². The maximum Gasteiger partial charge on any atom is 0.291 e. The van der Waals surface area contributed by atoms with E-state index in [1.54, 1.807) is 4.68 Å². The Balaban J connectivity index is 1.65. The lowest BCUT2D eigenvalue weighted by molar-refractivity contribution is 0.0631. The molecule has 2 aliphatic rings. The molecule has 2 fully saturated rings. The van der Waals surface area contributed by atoms with Crippen LogP contribution in [0.15, 0.2) is 6.20 Å². The third-order valence-electron chi connectivity index (χ3n) is 5.95. The summed E-state index contributed by atoms with van der Waals surface area (Å²) in [6.07, 6.45) is 4.11.